The van der Waals surface area contributed by atoms with Crippen LogP contribution >= 0.6 is 0 Å². The third-order valence-corrected chi connectivity index (χ3v) is 8.06. The number of benzene rings is 4. The highest BCUT2D eigenvalue weighted by atomic mass is 16.5. The van der Waals surface area contributed by atoms with Crippen LogP contribution in [-0.4, -0.2) is 35.6 Å². The highest BCUT2D eigenvalue weighted by Crippen LogP contribution is 2.21. The van der Waals surface area contributed by atoms with E-state index in [1.807, 2.05) is 85.2 Å². The SMILES string of the molecule is C(=N[C@@H](COCc1ccc(Cc2ccc(COC[C@H](N=Cc3ccccn3)c3ccccc3)cc2)cc1)c1ccccc1)c1ccccn1. The first kappa shape index (κ1) is 33.3. The summed E-state index contributed by atoms with van der Waals surface area (Å²) in [5.41, 5.74) is 8.67. The maximum absolute atomic E-state index is 6.15. The van der Waals surface area contributed by atoms with Gasteiger partial charge in [0.05, 0.1) is 49.9 Å². The molecule has 0 saturated carbocycles. The van der Waals surface area contributed by atoms with Gasteiger partial charge in [-0.3, -0.25) is 20.0 Å². The minimum Gasteiger partial charge on any atom is -0.374 e. The van der Waals surface area contributed by atoms with E-state index in [9.17, 15) is 0 Å². The van der Waals surface area contributed by atoms with Gasteiger partial charge < -0.3 is 9.47 Å². The number of hydrogen-bond donors (Lipinski definition) is 0. The lowest BCUT2D eigenvalue weighted by Crippen LogP contribution is -2.07. The molecule has 244 valence electrons. The molecule has 49 heavy (non-hydrogen) atoms. The predicted octanol–water partition coefficient (Wildman–Crippen LogP) is 8.82. The maximum Gasteiger partial charge on any atom is 0.0983 e. The van der Waals surface area contributed by atoms with Crippen LogP contribution < -0.4 is 0 Å². The zero-order valence-electron chi connectivity index (χ0n) is 27.5. The molecule has 0 saturated heterocycles. The Hall–Kier alpha value is -5.56. The summed E-state index contributed by atoms with van der Waals surface area (Å²) < 4.78 is 12.3. The van der Waals surface area contributed by atoms with Crippen molar-refractivity contribution in [1.82, 2.24) is 9.97 Å². The summed E-state index contributed by atoms with van der Waals surface area (Å²) in [5.74, 6) is 0. The van der Waals surface area contributed by atoms with Gasteiger partial charge in [0.15, 0.2) is 0 Å². The number of nitrogens with zero attached hydrogens (tertiary/aromatic N) is 4. The summed E-state index contributed by atoms with van der Waals surface area (Å²) >= 11 is 0. The van der Waals surface area contributed by atoms with Gasteiger partial charge in [-0.05, 0) is 64.1 Å². The molecule has 4 aromatic carbocycles. The zero-order valence-corrected chi connectivity index (χ0v) is 27.5. The van der Waals surface area contributed by atoms with Gasteiger partial charge in [-0.2, -0.15) is 0 Å². The molecule has 6 heteroatoms. The molecule has 6 rings (SSSR count). The molecule has 0 fully saturated rings. The second-order valence-corrected chi connectivity index (χ2v) is 11.8. The van der Waals surface area contributed by atoms with E-state index in [1.54, 1.807) is 12.4 Å². The van der Waals surface area contributed by atoms with Gasteiger partial charge >= 0.3 is 0 Å². The molecule has 2 aromatic heterocycles. The Bertz CT molecular complexity index is 1720. The number of aromatic nitrogens is 2. The van der Waals surface area contributed by atoms with Crippen molar-refractivity contribution in [2.24, 2.45) is 9.98 Å². The van der Waals surface area contributed by atoms with Crippen LogP contribution in [-0.2, 0) is 29.1 Å². The molecule has 0 aliphatic carbocycles. The van der Waals surface area contributed by atoms with E-state index in [4.69, 9.17) is 19.5 Å². The van der Waals surface area contributed by atoms with Crippen molar-refractivity contribution in [1.29, 1.82) is 0 Å². The van der Waals surface area contributed by atoms with Crippen molar-refractivity contribution >= 4 is 12.4 Å². The van der Waals surface area contributed by atoms with Gasteiger partial charge in [-0.15, -0.1) is 0 Å². The zero-order chi connectivity index (χ0) is 33.4. The molecule has 2 atom stereocenters. The van der Waals surface area contributed by atoms with E-state index in [2.05, 4.69) is 82.8 Å². The minimum absolute atomic E-state index is 0.105. The highest BCUT2D eigenvalue weighted by Gasteiger charge is 2.11. The summed E-state index contributed by atoms with van der Waals surface area (Å²) in [5, 5.41) is 0. The highest BCUT2D eigenvalue weighted by molar-refractivity contribution is 5.77. The largest absolute Gasteiger partial charge is 0.374 e. The quantitative estimate of drug-likeness (QED) is 0.0988. The van der Waals surface area contributed by atoms with E-state index in [1.165, 1.54) is 11.1 Å². The standard InChI is InChI=1S/C43H40N4O2/c1-3-11-38(12-4-1)42(46-28-40-15-7-9-25-44-40)32-48-30-36-21-17-34(18-22-36)27-35-19-23-37(24-20-35)31-49-33-43(39-13-5-2-6-14-39)47-29-41-16-8-10-26-45-41/h1-26,28-29,42-43H,27,30-33H2/t42-,43-/m0/s1. The van der Waals surface area contributed by atoms with Crippen molar-refractivity contribution in [2.45, 2.75) is 31.7 Å². The van der Waals surface area contributed by atoms with E-state index in [-0.39, 0.29) is 12.1 Å². The molecule has 0 N–H and O–H groups in total. The van der Waals surface area contributed by atoms with E-state index in [0.29, 0.717) is 26.4 Å². The van der Waals surface area contributed by atoms with Crippen molar-refractivity contribution in [3.63, 3.8) is 0 Å². The van der Waals surface area contributed by atoms with Crippen molar-refractivity contribution in [3.8, 4) is 0 Å². The average molecular weight is 645 g/mol. The third-order valence-electron chi connectivity index (χ3n) is 8.06. The monoisotopic (exact) mass is 644 g/mol. The maximum atomic E-state index is 6.15. The van der Waals surface area contributed by atoms with Gasteiger partial charge in [-0.1, -0.05) is 121 Å². The fourth-order valence-corrected chi connectivity index (χ4v) is 5.36. The summed E-state index contributed by atoms with van der Waals surface area (Å²) in [6, 6.07) is 49.2. The van der Waals surface area contributed by atoms with E-state index >= 15 is 0 Å². The topological polar surface area (TPSA) is 69.0 Å². The normalized spacial score (nSPS) is 12.7. The number of hydrogen-bond acceptors (Lipinski definition) is 6. The third kappa shape index (κ3) is 10.7. The Morgan fingerprint density at radius 3 is 1.22 bits per heavy atom. The molecule has 0 amide bonds. The molecular formula is C43H40N4O2. The first-order chi connectivity index (χ1) is 24.3. The summed E-state index contributed by atoms with van der Waals surface area (Å²) in [6.07, 6.45) is 8.04. The molecule has 0 aliphatic rings. The number of pyridine rings is 2. The number of rotatable bonds is 16. The molecule has 0 radical (unpaired) electrons. The van der Waals surface area contributed by atoms with Crippen LogP contribution in [0.5, 0.6) is 0 Å². The summed E-state index contributed by atoms with van der Waals surface area (Å²) in [7, 11) is 0. The lowest BCUT2D eigenvalue weighted by atomic mass is 10.0. The van der Waals surface area contributed by atoms with Crippen LogP contribution in [0.15, 0.2) is 168 Å². The Kier molecular flexibility index (Phi) is 12.3. The van der Waals surface area contributed by atoms with Crippen LogP contribution in [0.3, 0.4) is 0 Å². The van der Waals surface area contributed by atoms with Crippen LogP contribution in [0.4, 0.5) is 0 Å². The second kappa shape index (κ2) is 18.1. The lowest BCUT2D eigenvalue weighted by Gasteiger charge is -2.14. The smallest absolute Gasteiger partial charge is 0.0983 e. The molecular weight excluding hydrogens is 604 g/mol. The molecule has 6 aromatic rings. The van der Waals surface area contributed by atoms with Crippen molar-refractivity contribution < 1.29 is 9.47 Å². The van der Waals surface area contributed by atoms with E-state index in [0.717, 1.165) is 40.1 Å². The van der Waals surface area contributed by atoms with Gasteiger partial charge in [-0.25, -0.2) is 0 Å². The summed E-state index contributed by atoms with van der Waals surface area (Å²) in [6.45, 7) is 2.01. The average Bonchev–Trinajstić information content (AvgIpc) is 3.17. The molecule has 0 spiro atoms. The van der Waals surface area contributed by atoms with Gasteiger partial charge in [0, 0.05) is 24.8 Å². The number of aliphatic imine (C=N–C) groups is 2. The Morgan fingerprint density at radius 1 is 0.449 bits per heavy atom. The predicted molar refractivity (Wildman–Crippen MR) is 197 cm³/mol. The second-order valence-electron chi connectivity index (χ2n) is 11.8. The van der Waals surface area contributed by atoms with Gasteiger partial charge in [0.1, 0.15) is 0 Å². The van der Waals surface area contributed by atoms with Crippen LogP contribution in [0.1, 0.15) is 56.9 Å². The van der Waals surface area contributed by atoms with Gasteiger partial charge in [0.25, 0.3) is 0 Å². The van der Waals surface area contributed by atoms with Crippen LogP contribution in [0, 0.1) is 0 Å². The first-order valence-electron chi connectivity index (χ1n) is 16.6. The van der Waals surface area contributed by atoms with Crippen molar-refractivity contribution in [3.05, 3.63) is 203 Å². The molecule has 0 unspecified atom stereocenters. The van der Waals surface area contributed by atoms with E-state index < -0.39 is 0 Å². The van der Waals surface area contributed by atoms with Gasteiger partial charge in [0.2, 0.25) is 0 Å². The minimum atomic E-state index is -0.105. The Morgan fingerprint density at radius 2 is 0.837 bits per heavy atom. The Labute approximate surface area is 288 Å². The lowest BCUT2D eigenvalue weighted by molar-refractivity contribution is 0.108. The molecule has 2 heterocycles. The van der Waals surface area contributed by atoms with Crippen LogP contribution in [0.2, 0.25) is 0 Å². The Balaban J connectivity index is 0.975. The molecule has 0 bridgehead atoms. The molecule has 0 aliphatic heterocycles. The van der Waals surface area contributed by atoms with Crippen LogP contribution in [0.25, 0.3) is 0 Å². The number of ether oxygens (including phenoxy) is 2. The fraction of sp³-hybridized carbons (Fsp3) is 0.163. The van der Waals surface area contributed by atoms with Crippen molar-refractivity contribution in [2.75, 3.05) is 13.2 Å². The first-order valence-corrected chi connectivity index (χ1v) is 16.6. The summed E-state index contributed by atoms with van der Waals surface area (Å²) in [4.78, 5) is 18.3. The fourth-order valence-electron chi connectivity index (χ4n) is 5.36. The molecule has 6 nitrogen and oxygen atoms in total.